The van der Waals surface area contributed by atoms with E-state index in [1.807, 2.05) is 0 Å². The van der Waals surface area contributed by atoms with Crippen LogP contribution in [0.4, 0.5) is 5.00 Å². The van der Waals surface area contributed by atoms with Gasteiger partial charge in [-0.25, -0.2) is 0 Å². The van der Waals surface area contributed by atoms with Crippen molar-refractivity contribution in [2.75, 3.05) is 25.0 Å². The Morgan fingerprint density at radius 1 is 1.62 bits per heavy atom. The maximum Gasteiger partial charge on any atom is 0.0905 e. The largest absolute Gasteiger partial charge is 0.366 e. The topological polar surface area (TPSA) is 29.3 Å². The molecule has 1 aromatic rings. The second kappa shape index (κ2) is 5.25. The minimum absolute atomic E-state index is 0.618. The molecule has 1 aromatic heterocycles. The van der Waals surface area contributed by atoms with Crippen molar-refractivity contribution in [1.29, 1.82) is 0 Å². The normalized spacial score (nSPS) is 12.8. The van der Waals surface area contributed by atoms with Gasteiger partial charge in [0, 0.05) is 13.6 Å². The van der Waals surface area contributed by atoms with E-state index in [0.717, 1.165) is 19.5 Å². The lowest BCUT2D eigenvalue weighted by Crippen LogP contribution is -2.29. The molecule has 0 radical (unpaired) electrons. The first-order valence-corrected chi connectivity index (χ1v) is 5.60. The van der Waals surface area contributed by atoms with E-state index in [1.54, 1.807) is 11.3 Å². The summed E-state index contributed by atoms with van der Waals surface area (Å²) < 4.78 is 0. The summed E-state index contributed by atoms with van der Waals surface area (Å²) in [7, 11) is 2.13. The lowest BCUT2D eigenvalue weighted by Gasteiger charge is -2.22. The van der Waals surface area contributed by atoms with Crippen molar-refractivity contribution < 1.29 is 0 Å². The van der Waals surface area contributed by atoms with Crippen LogP contribution in [0.2, 0.25) is 0 Å². The molecule has 0 bridgehead atoms. The molecule has 1 unspecified atom stereocenters. The smallest absolute Gasteiger partial charge is 0.0905 e. The predicted molar refractivity (Wildman–Crippen MR) is 60.4 cm³/mol. The summed E-state index contributed by atoms with van der Waals surface area (Å²) in [4.78, 5) is 2.28. The fourth-order valence-electron chi connectivity index (χ4n) is 1.33. The molecule has 13 heavy (non-hydrogen) atoms. The molecule has 2 nitrogen and oxygen atoms in total. The highest BCUT2D eigenvalue weighted by Crippen LogP contribution is 2.20. The quantitative estimate of drug-likeness (QED) is 0.785. The fraction of sp³-hybridized carbons (Fsp3) is 0.600. The van der Waals surface area contributed by atoms with E-state index in [2.05, 4.69) is 36.4 Å². The number of hydrogen-bond donors (Lipinski definition) is 1. The van der Waals surface area contributed by atoms with Gasteiger partial charge in [-0.15, -0.1) is 11.3 Å². The Labute approximate surface area is 84.4 Å². The van der Waals surface area contributed by atoms with Crippen molar-refractivity contribution in [2.24, 2.45) is 11.7 Å². The molecule has 1 atom stereocenters. The van der Waals surface area contributed by atoms with Crippen LogP contribution in [-0.4, -0.2) is 20.1 Å². The molecular weight excluding hydrogens is 180 g/mol. The molecule has 0 spiro atoms. The van der Waals surface area contributed by atoms with E-state index >= 15 is 0 Å². The highest BCUT2D eigenvalue weighted by Gasteiger charge is 2.08. The molecule has 0 aliphatic heterocycles. The minimum atomic E-state index is 0.618. The summed E-state index contributed by atoms with van der Waals surface area (Å²) >= 11 is 1.78. The van der Waals surface area contributed by atoms with Crippen LogP contribution >= 0.6 is 11.3 Å². The lowest BCUT2D eigenvalue weighted by molar-refractivity contribution is 0.522. The van der Waals surface area contributed by atoms with Crippen LogP contribution in [-0.2, 0) is 0 Å². The first-order chi connectivity index (χ1) is 6.27. The molecule has 0 aromatic carbocycles. The Hall–Kier alpha value is -0.540. The lowest BCUT2D eigenvalue weighted by atomic mass is 10.1. The van der Waals surface area contributed by atoms with Crippen molar-refractivity contribution in [2.45, 2.75) is 13.3 Å². The fourth-order valence-corrected chi connectivity index (χ4v) is 2.04. The predicted octanol–water partition coefficient (Wildman–Crippen LogP) is 2.17. The van der Waals surface area contributed by atoms with E-state index < -0.39 is 0 Å². The number of thiophene rings is 1. The number of hydrogen-bond acceptors (Lipinski definition) is 3. The Bertz CT molecular complexity index is 217. The molecule has 1 heterocycles. The summed E-state index contributed by atoms with van der Waals surface area (Å²) in [5.74, 6) is 0.618. The zero-order valence-electron chi connectivity index (χ0n) is 8.36. The molecule has 0 amide bonds. The zero-order valence-corrected chi connectivity index (χ0v) is 9.18. The number of rotatable bonds is 5. The van der Waals surface area contributed by atoms with E-state index in [4.69, 9.17) is 5.73 Å². The van der Waals surface area contributed by atoms with Gasteiger partial charge in [0.25, 0.3) is 0 Å². The SMILES string of the molecule is CCC(CN)CN(C)c1cccs1. The molecular formula is C10H18N2S. The Morgan fingerprint density at radius 2 is 2.38 bits per heavy atom. The number of anilines is 1. The molecule has 2 N–H and O–H groups in total. The molecule has 0 fully saturated rings. The van der Waals surface area contributed by atoms with Gasteiger partial charge in [0.2, 0.25) is 0 Å². The van der Waals surface area contributed by atoms with Gasteiger partial charge in [-0.2, -0.15) is 0 Å². The first-order valence-electron chi connectivity index (χ1n) is 4.72. The Balaban J connectivity index is 2.45. The van der Waals surface area contributed by atoms with Gasteiger partial charge in [-0.3, -0.25) is 0 Å². The molecule has 74 valence electrons. The van der Waals surface area contributed by atoms with Crippen molar-refractivity contribution >= 4 is 16.3 Å². The van der Waals surface area contributed by atoms with E-state index in [1.165, 1.54) is 5.00 Å². The average Bonchev–Trinajstić information content (AvgIpc) is 2.66. The highest BCUT2D eigenvalue weighted by atomic mass is 32.1. The summed E-state index contributed by atoms with van der Waals surface area (Å²) in [5, 5.41) is 3.43. The molecule has 0 aliphatic carbocycles. The van der Waals surface area contributed by atoms with Gasteiger partial charge in [-0.1, -0.05) is 13.3 Å². The van der Waals surface area contributed by atoms with Gasteiger partial charge in [0.15, 0.2) is 0 Å². The van der Waals surface area contributed by atoms with Crippen LogP contribution in [0.25, 0.3) is 0 Å². The summed E-state index contributed by atoms with van der Waals surface area (Å²) in [5.41, 5.74) is 5.66. The molecule has 0 saturated carbocycles. The molecule has 0 aliphatic rings. The Kier molecular flexibility index (Phi) is 4.25. The summed E-state index contributed by atoms with van der Waals surface area (Å²) in [6.07, 6.45) is 1.16. The minimum Gasteiger partial charge on any atom is -0.366 e. The second-order valence-corrected chi connectivity index (χ2v) is 4.27. The third kappa shape index (κ3) is 3.01. The third-order valence-electron chi connectivity index (χ3n) is 2.33. The van der Waals surface area contributed by atoms with Crippen molar-refractivity contribution in [3.63, 3.8) is 0 Å². The second-order valence-electron chi connectivity index (χ2n) is 3.34. The molecule has 1 rings (SSSR count). The molecule has 0 saturated heterocycles. The van der Waals surface area contributed by atoms with Crippen LogP contribution in [0.15, 0.2) is 17.5 Å². The van der Waals surface area contributed by atoms with Crippen LogP contribution in [0.3, 0.4) is 0 Å². The zero-order chi connectivity index (χ0) is 9.68. The van der Waals surface area contributed by atoms with Crippen LogP contribution in [0.1, 0.15) is 13.3 Å². The van der Waals surface area contributed by atoms with Crippen molar-refractivity contribution in [3.8, 4) is 0 Å². The van der Waals surface area contributed by atoms with Crippen LogP contribution < -0.4 is 10.6 Å². The highest BCUT2D eigenvalue weighted by molar-refractivity contribution is 7.14. The van der Waals surface area contributed by atoms with Gasteiger partial charge in [0.05, 0.1) is 5.00 Å². The van der Waals surface area contributed by atoms with Gasteiger partial charge in [-0.05, 0) is 30.0 Å². The standard InChI is InChI=1S/C10H18N2S/c1-3-9(7-11)8-12(2)10-5-4-6-13-10/h4-6,9H,3,7-8,11H2,1-2H3. The first kappa shape index (κ1) is 10.5. The average molecular weight is 198 g/mol. The summed E-state index contributed by atoms with van der Waals surface area (Å²) in [6, 6.07) is 4.23. The van der Waals surface area contributed by atoms with Crippen LogP contribution in [0.5, 0.6) is 0 Å². The van der Waals surface area contributed by atoms with Crippen LogP contribution in [0, 0.1) is 5.92 Å². The van der Waals surface area contributed by atoms with Crippen molar-refractivity contribution in [1.82, 2.24) is 0 Å². The Morgan fingerprint density at radius 3 is 2.85 bits per heavy atom. The van der Waals surface area contributed by atoms with E-state index in [0.29, 0.717) is 5.92 Å². The number of nitrogens with two attached hydrogens (primary N) is 1. The number of nitrogens with zero attached hydrogens (tertiary/aromatic N) is 1. The van der Waals surface area contributed by atoms with Crippen molar-refractivity contribution in [3.05, 3.63) is 17.5 Å². The van der Waals surface area contributed by atoms with E-state index in [9.17, 15) is 0 Å². The maximum absolute atomic E-state index is 5.66. The van der Waals surface area contributed by atoms with Gasteiger partial charge >= 0.3 is 0 Å². The van der Waals surface area contributed by atoms with Gasteiger partial charge in [0.1, 0.15) is 0 Å². The maximum atomic E-state index is 5.66. The van der Waals surface area contributed by atoms with Gasteiger partial charge < -0.3 is 10.6 Å². The summed E-state index contributed by atoms with van der Waals surface area (Å²) in [6.45, 7) is 4.04. The van der Waals surface area contributed by atoms with E-state index in [-0.39, 0.29) is 0 Å². The molecule has 3 heteroatoms. The monoisotopic (exact) mass is 198 g/mol. The third-order valence-corrected chi connectivity index (χ3v) is 3.31.